The van der Waals surface area contributed by atoms with E-state index in [1.165, 1.54) is 0 Å². The molecule has 1 heterocycles. The molecule has 2 N–H and O–H groups in total. The number of guanidine groups is 1. The Bertz CT molecular complexity index is 955. The van der Waals surface area contributed by atoms with Crippen molar-refractivity contribution in [3.05, 3.63) is 48.3 Å². The Morgan fingerprint density at radius 2 is 1.86 bits per heavy atom. The Labute approximate surface area is 182 Å². The van der Waals surface area contributed by atoms with Gasteiger partial charge in [0.15, 0.2) is 17.5 Å². The molecular weight excluding hydrogens is 469 g/mol. The molecule has 0 fully saturated rings. The zero-order chi connectivity index (χ0) is 19.2. The van der Waals surface area contributed by atoms with Crippen LogP contribution >= 0.6 is 24.0 Å². The molecule has 0 bridgehead atoms. The molecule has 0 aliphatic carbocycles. The van der Waals surface area contributed by atoms with Crippen LogP contribution in [0, 0.1) is 0 Å². The zero-order valence-corrected chi connectivity index (χ0v) is 18.9. The molecule has 8 heteroatoms. The summed E-state index contributed by atoms with van der Waals surface area (Å²) in [5.41, 5.74) is 2.93. The lowest BCUT2D eigenvalue weighted by Crippen LogP contribution is -2.30. The van der Waals surface area contributed by atoms with Gasteiger partial charge in [-0.15, -0.1) is 24.0 Å². The highest BCUT2D eigenvalue weighted by Crippen LogP contribution is 2.29. The van der Waals surface area contributed by atoms with E-state index in [2.05, 4.69) is 31.2 Å². The van der Waals surface area contributed by atoms with Gasteiger partial charge in [-0.1, -0.05) is 12.1 Å². The maximum Gasteiger partial charge on any atom is 0.196 e. The number of para-hydroxylation sites is 2. The number of benzene rings is 2. The van der Waals surface area contributed by atoms with E-state index in [1.807, 2.05) is 50.4 Å². The van der Waals surface area contributed by atoms with E-state index < -0.39 is 0 Å². The van der Waals surface area contributed by atoms with E-state index >= 15 is 0 Å². The fraction of sp³-hybridized carbons (Fsp3) is 0.300. The second kappa shape index (κ2) is 10.2. The first-order valence-electron chi connectivity index (χ1n) is 8.84. The van der Waals surface area contributed by atoms with Crippen molar-refractivity contribution in [2.75, 3.05) is 26.1 Å². The first-order chi connectivity index (χ1) is 13.2. The monoisotopic (exact) mass is 495 g/mol. The first-order valence-corrected chi connectivity index (χ1v) is 8.84. The van der Waals surface area contributed by atoms with Crippen molar-refractivity contribution in [1.82, 2.24) is 14.9 Å². The number of anilines is 1. The van der Waals surface area contributed by atoms with Crippen LogP contribution in [0.3, 0.4) is 0 Å². The predicted molar refractivity (Wildman–Crippen MR) is 124 cm³/mol. The van der Waals surface area contributed by atoms with Gasteiger partial charge in [0.2, 0.25) is 0 Å². The molecule has 2 aromatic carbocycles. The number of methoxy groups -OCH3 is 2. The van der Waals surface area contributed by atoms with E-state index in [0.717, 1.165) is 29.1 Å². The molecule has 3 rings (SSSR count). The molecule has 0 aliphatic rings. The second-order valence-electron chi connectivity index (χ2n) is 5.97. The minimum absolute atomic E-state index is 0. The molecule has 0 saturated carbocycles. The molecule has 0 atom stereocenters. The van der Waals surface area contributed by atoms with Gasteiger partial charge in [0.1, 0.15) is 12.4 Å². The van der Waals surface area contributed by atoms with Gasteiger partial charge in [0.05, 0.1) is 25.3 Å². The zero-order valence-electron chi connectivity index (χ0n) is 16.5. The van der Waals surface area contributed by atoms with Crippen LogP contribution < -0.4 is 20.1 Å². The Hall–Kier alpha value is -2.49. The number of fused-ring (bicyclic) bond motifs is 1. The molecule has 0 spiro atoms. The van der Waals surface area contributed by atoms with Crippen LogP contribution in [-0.2, 0) is 13.6 Å². The summed E-state index contributed by atoms with van der Waals surface area (Å²) in [6.45, 7) is 3.25. The molecule has 28 heavy (non-hydrogen) atoms. The van der Waals surface area contributed by atoms with Crippen molar-refractivity contribution in [2.24, 2.45) is 12.0 Å². The molecule has 3 aromatic rings. The van der Waals surface area contributed by atoms with Gasteiger partial charge in [0, 0.05) is 25.3 Å². The van der Waals surface area contributed by atoms with Crippen molar-refractivity contribution in [1.29, 1.82) is 0 Å². The smallest absolute Gasteiger partial charge is 0.196 e. The Morgan fingerprint density at radius 3 is 2.54 bits per heavy atom. The van der Waals surface area contributed by atoms with E-state index in [4.69, 9.17) is 9.47 Å². The van der Waals surface area contributed by atoms with Gasteiger partial charge in [-0.05, 0) is 31.2 Å². The van der Waals surface area contributed by atoms with Crippen LogP contribution in [0.2, 0.25) is 0 Å². The maximum absolute atomic E-state index is 5.36. The number of aryl methyl sites for hydroxylation is 1. The van der Waals surface area contributed by atoms with Crippen molar-refractivity contribution in [3.8, 4) is 11.5 Å². The Kier molecular flexibility index (Phi) is 7.91. The van der Waals surface area contributed by atoms with E-state index in [0.29, 0.717) is 24.0 Å². The van der Waals surface area contributed by atoms with Crippen molar-refractivity contribution in [2.45, 2.75) is 13.5 Å². The number of halogens is 1. The number of rotatable bonds is 6. The van der Waals surface area contributed by atoms with Crippen LogP contribution in [0.4, 0.5) is 5.69 Å². The number of nitrogens with zero attached hydrogens (tertiary/aromatic N) is 3. The summed E-state index contributed by atoms with van der Waals surface area (Å²) in [5.74, 6) is 2.93. The van der Waals surface area contributed by atoms with E-state index in [-0.39, 0.29) is 24.0 Å². The lowest BCUT2D eigenvalue weighted by Gasteiger charge is -2.13. The standard InChI is InChI=1S/C20H25N5O2.HI/c1-5-21-20(23-14-10-11-17(26-3)18(12-14)27-4)22-13-19-24-15-8-6-7-9-16(15)25(19)2;/h6-12H,5,13H2,1-4H3,(H2,21,22,23);1H. The molecule has 7 nitrogen and oxygen atoms in total. The summed E-state index contributed by atoms with van der Waals surface area (Å²) in [5, 5.41) is 6.55. The second-order valence-corrected chi connectivity index (χ2v) is 5.97. The highest BCUT2D eigenvalue weighted by atomic mass is 127. The number of ether oxygens (including phenoxy) is 2. The van der Waals surface area contributed by atoms with Crippen molar-refractivity contribution < 1.29 is 9.47 Å². The molecule has 1 aromatic heterocycles. The number of aliphatic imine (C=N–C) groups is 1. The quantitative estimate of drug-likeness (QED) is 0.310. The molecular formula is C20H26IN5O2. The lowest BCUT2D eigenvalue weighted by atomic mass is 10.3. The summed E-state index contributed by atoms with van der Waals surface area (Å²) in [6, 6.07) is 13.7. The third-order valence-electron chi connectivity index (χ3n) is 4.25. The molecule has 0 radical (unpaired) electrons. The number of hydrogen-bond donors (Lipinski definition) is 2. The maximum atomic E-state index is 5.36. The minimum atomic E-state index is 0. The minimum Gasteiger partial charge on any atom is -0.493 e. The van der Waals surface area contributed by atoms with Gasteiger partial charge >= 0.3 is 0 Å². The van der Waals surface area contributed by atoms with Crippen LogP contribution in [0.15, 0.2) is 47.5 Å². The van der Waals surface area contributed by atoms with Gasteiger partial charge in [-0.25, -0.2) is 9.98 Å². The van der Waals surface area contributed by atoms with Crippen LogP contribution in [0.5, 0.6) is 11.5 Å². The molecule has 150 valence electrons. The number of nitrogens with one attached hydrogen (secondary N) is 2. The first kappa shape index (κ1) is 21.8. The molecule has 0 amide bonds. The molecule has 0 saturated heterocycles. The normalized spacial score (nSPS) is 11.1. The van der Waals surface area contributed by atoms with Crippen LogP contribution in [0.1, 0.15) is 12.7 Å². The average Bonchev–Trinajstić information content (AvgIpc) is 3.02. The Balaban J connectivity index is 0.00000280. The SMILES string of the molecule is CCNC(=NCc1nc2ccccc2n1C)Nc1ccc(OC)c(OC)c1.I. The number of imidazole rings is 1. The highest BCUT2D eigenvalue weighted by molar-refractivity contribution is 14.0. The van der Waals surface area contributed by atoms with Gasteiger partial charge < -0.3 is 24.7 Å². The number of aromatic nitrogens is 2. The third kappa shape index (κ3) is 4.86. The summed E-state index contributed by atoms with van der Waals surface area (Å²) in [7, 11) is 5.24. The summed E-state index contributed by atoms with van der Waals surface area (Å²) in [6.07, 6.45) is 0. The highest BCUT2D eigenvalue weighted by Gasteiger charge is 2.09. The molecule has 0 unspecified atom stereocenters. The number of hydrogen-bond acceptors (Lipinski definition) is 4. The molecule has 0 aliphatic heterocycles. The largest absolute Gasteiger partial charge is 0.493 e. The summed E-state index contributed by atoms with van der Waals surface area (Å²) >= 11 is 0. The Morgan fingerprint density at radius 1 is 1.11 bits per heavy atom. The topological polar surface area (TPSA) is 72.7 Å². The average molecular weight is 495 g/mol. The lowest BCUT2D eigenvalue weighted by molar-refractivity contribution is 0.355. The predicted octanol–water partition coefficient (Wildman–Crippen LogP) is 3.79. The van der Waals surface area contributed by atoms with Crippen molar-refractivity contribution >= 4 is 46.7 Å². The van der Waals surface area contributed by atoms with E-state index in [9.17, 15) is 0 Å². The van der Waals surface area contributed by atoms with Gasteiger partial charge in [-0.2, -0.15) is 0 Å². The fourth-order valence-electron chi connectivity index (χ4n) is 2.84. The fourth-order valence-corrected chi connectivity index (χ4v) is 2.84. The summed E-state index contributed by atoms with van der Waals surface area (Å²) in [4.78, 5) is 9.34. The van der Waals surface area contributed by atoms with E-state index in [1.54, 1.807) is 14.2 Å². The summed E-state index contributed by atoms with van der Waals surface area (Å²) < 4.78 is 12.7. The van der Waals surface area contributed by atoms with Crippen LogP contribution in [-0.4, -0.2) is 36.3 Å². The van der Waals surface area contributed by atoms with Gasteiger partial charge in [-0.3, -0.25) is 0 Å². The van der Waals surface area contributed by atoms with Crippen molar-refractivity contribution in [3.63, 3.8) is 0 Å². The third-order valence-corrected chi connectivity index (χ3v) is 4.25. The van der Waals surface area contributed by atoms with Gasteiger partial charge in [0.25, 0.3) is 0 Å². The van der Waals surface area contributed by atoms with Crippen LogP contribution in [0.25, 0.3) is 11.0 Å².